The van der Waals surface area contributed by atoms with E-state index in [4.69, 9.17) is 5.11 Å². The van der Waals surface area contributed by atoms with E-state index in [9.17, 15) is 27.6 Å². The Labute approximate surface area is 124 Å². The van der Waals surface area contributed by atoms with Crippen molar-refractivity contribution in [1.82, 2.24) is 10.2 Å². The predicted octanol–water partition coefficient (Wildman–Crippen LogP) is 0.767. The summed E-state index contributed by atoms with van der Waals surface area (Å²) in [6.07, 6.45) is -3.42. The van der Waals surface area contributed by atoms with Crippen molar-refractivity contribution in [2.24, 2.45) is 11.8 Å². The highest BCUT2D eigenvalue weighted by Crippen LogP contribution is 2.27. The van der Waals surface area contributed by atoms with Crippen LogP contribution >= 0.6 is 0 Å². The number of carbonyl (C=O) groups is 3. The van der Waals surface area contributed by atoms with E-state index in [1.165, 1.54) is 0 Å². The Morgan fingerprint density at radius 3 is 2.50 bits per heavy atom. The van der Waals surface area contributed by atoms with Crippen LogP contribution in [-0.4, -0.2) is 53.1 Å². The second-order valence-electron chi connectivity index (χ2n) is 5.84. The molecule has 0 aromatic heterocycles. The van der Waals surface area contributed by atoms with Gasteiger partial charge in [-0.25, -0.2) is 0 Å². The van der Waals surface area contributed by atoms with E-state index < -0.39 is 42.3 Å². The number of carboxylic acids is 1. The molecule has 6 nitrogen and oxygen atoms in total. The van der Waals surface area contributed by atoms with E-state index >= 15 is 0 Å². The molecule has 1 saturated carbocycles. The molecule has 9 heteroatoms. The third-order valence-electron chi connectivity index (χ3n) is 4.08. The number of hydrogen-bond acceptors (Lipinski definition) is 3. The first kappa shape index (κ1) is 16.6. The third-order valence-corrected chi connectivity index (χ3v) is 4.08. The second-order valence-corrected chi connectivity index (χ2v) is 5.84. The van der Waals surface area contributed by atoms with Crippen LogP contribution in [0.5, 0.6) is 0 Å². The average Bonchev–Trinajstić information content (AvgIpc) is 2.96. The zero-order valence-corrected chi connectivity index (χ0v) is 11.7. The molecule has 1 heterocycles. The Hall–Kier alpha value is -1.80. The zero-order valence-electron chi connectivity index (χ0n) is 11.7. The van der Waals surface area contributed by atoms with Crippen LogP contribution in [0.3, 0.4) is 0 Å². The number of carbonyl (C=O) groups excluding carboxylic acids is 2. The normalized spacial score (nSPS) is 29.0. The number of amides is 2. The lowest BCUT2D eigenvalue weighted by atomic mass is 10.1. The number of aliphatic carboxylic acids is 1. The fourth-order valence-electron chi connectivity index (χ4n) is 2.97. The molecule has 0 bridgehead atoms. The number of halogens is 3. The van der Waals surface area contributed by atoms with Crippen LogP contribution < -0.4 is 5.32 Å². The summed E-state index contributed by atoms with van der Waals surface area (Å²) in [6.45, 7) is -1.60. The molecule has 22 heavy (non-hydrogen) atoms. The molecule has 1 aliphatic heterocycles. The van der Waals surface area contributed by atoms with E-state index in [0.717, 1.165) is 0 Å². The van der Waals surface area contributed by atoms with Crippen molar-refractivity contribution in [3.63, 3.8) is 0 Å². The van der Waals surface area contributed by atoms with Crippen molar-refractivity contribution < 1.29 is 32.7 Å². The highest BCUT2D eigenvalue weighted by atomic mass is 19.4. The molecule has 2 N–H and O–H groups in total. The van der Waals surface area contributed by atoms with Gasteiger partial charge in [0.2, 0.25) is 11.8 Å². The molecule has 2 fully saturated rings. The second kappa shape index (κ2) is 6.13. The lowest BCUT2D eigenvalue weighted by molar-refractivity contribution is -0.157. The van der Waals surface area contributed by atoms with E-state index in [1.54, 1.807) is 0 Å². The number of carboxylic acid groups (broad SMARTS) is 1. The summed E-state index contributed by atoms with van der Waals surface area (Å²) in [7, 11) is 0. The molecule has 1 unspecified atom stereocenters. The third kappa shape index (κ3) is 4.11. The zero-order chi connectivity index (χ0) is 16.5. The van der Waals surface area contributed by atoms with Gasteiger partial charge in [0.25, 0.3) is 0 Å². The lowest BCUT2D eigenvalue weighted by Crippen LogP contribution is -2.40. The number of alkyl halides is 3. The first-order valence-corrected chi connectivity index (χ1v) is 7.03. The van der Waals surface area contributed by atoms with Gasteiger partial charge in [-0.1, -0.05) is 0 Å². The molecular weight excluding hydrogens is 305 g/mol. The van der Waals surface area contributed by atoms with Gasteiger partial charge in [-0.2, -0.15) is 13.2 Å². The topological polar surface area (TPSA) is 86.7 Å². The highest BCUT2D eigenvalue weighted by Gasteiger charge is 2.41. The first-order chi connectivity index (χ1) is 10.2. The average molecular weight is 322 g/mol. The Bertz CT molecular complexity index is 480. The number of rotatable bonds is 4. The molecule has 0 radical (unpaired) electrons. The number of nitrogens with zero attached hydrogens (tertiary/aromatic N) is 1. The number of nitrogens with one attached hydrogen (secondary N) is 1. The maximum atomic E-state index is 12.3. The lowest BCUT2D eigenvalue weighted by Gasteiger charge is -2.19. The minimum atomic E-state index is -4.48. The van der Waals surface area contributed by atoms with Crippen molar-refractivity contribution in [2.45, 2.75) is 37.9 Å². The summed E-state index contributed by atoms with van der Waals surface area (Å²) in [6, 6.07) is -0.291. The quantitative estimate of drug-likeness (QED) is 0.800. The van der Waals surface area contributed by atoms with Crippen LogP contribution in [0.15, 0.2) is 0 Å². The van der Waals surface area contributed by atoms with Crippen molar-refractivity contribution in [3.05, 3.63) is 0 Å². The largest absolute Gasteiger partial charge is 0.481 e. The summed E-state index contributed by atoms with van der Waals surface area (Å²) < 4.78 is 36.9. The van der Waals surface area contributed by atoms with E-state index in [2.05, 4.69) is 5.32 Å². The fraction of sp³-hybridized carbons (Fsp3) is 0.769. The van der Waals surface area contributed by atoms with Gasteiger partial charge in [-0.15, -0.1) is 0 Å². The number of hydrogen-bond donors (Lipinski definition) is 2. The van der Waals surface area contributed by atoms with E-state index in [-0.39, 0.29) is 19.0 Å². The summed E-state index contributed by atoms with van der Waals surface area (Å²) in [5, 5.41) is 11.5. The Morgan fingerprint density at radius 2 is 1.95 bits per heavy atom. The Kier molecular flexibility index (Phi) is 4.62. The van der Waals surface area contributed by atoms with Gasteiger partial charge in [0.1, 0.15) is 6.54 Å². The van der Waals surface area contributed by atoms with Gasteiger partial charge >= 0.3 is 12.1 Å². The molecule has 124 valence electrons. The van der Waals surface area contributed by atoms with Crippen LogP contribution in [-0.2, 0) is 14.4 Å². The van der Waals surface area contributed by atoms with Crippen LogP contribution in [0.2, 0.25) is 0 Å². The highest BCUT2D eigenvalue weighted by molar-refractivity contribution is 5.89. The minimum Gasteiger partial charge on any atom is -0.481 e. The molecule has 1 aliphatic carbocycles. The van der Waals surface area contributed by atoms with Crippen LogP contribution in [0.1, 0.15) is 25.7 Å². The van der Waals surface area contributed by atoms with Crippen molar-refractivity contribution in [3.8, 4) is 0 Å². The SMILES string of the molecule is O=C(N[C@H]1CC[C@@H](C(=O)O)C1)C1CC(=O)N(CC(F)(F)F)C1. The molecule has 2 rings (SSSR count). The van der Waals surface area contributed by atoms with Crippen molar-refractivity contribution in [2.75, 3.05) is 13.1 Å². The van der Waals surface area contributed by atoms with Crippen molar-refractivity contribution in [1.29, 1.82) is 0 Å². The monoisotopic (exact) mass is 322 g/mol. The van der Waals surface area contributed by atoms with E-state index in [1.807, 2.05) is 0 Å². The summed E-state index contributed by atoms with van der Waals surface area (Å²) >= 11 is 0. The minimum absolute atomic E-state index is 0.239. The van der Waals surface area contributed by atoms with Gasteiger partial charge in [-0.3, -0.25) is 14.4 Å². The fourth-order valence-corrected chi connectivity index (χ4v) is 2.97. The molecule has 2 aliphatic rings. The standard InChI is InChI=1S/C13H17F3N2O4/c14-13(15,16)6-18-5-8(4-10(18)19)11(20)17-9-2-1-7(3-9)12(21)22/h7-9H,1-6H2,(H,17,20)(H,21,22)/t7-,8?,9+/m1/s1. The van der Waals surface area contributed by atoms with Gasteiger partial charge in [0, 0.05) is 19.0 Å². The van der Waals surface area contributed by atoms with Crippen LogP contribution in [0.25, 0.3) is 0 Å². The molecule has 0 aromatic carbocycles. The van der Waals surface area contributed by atoms with Gasteiger partial charge in [0.05, 0.1) is 11.8 Å². The Balaban J connectivity index is 1.84. The first-order valence-electron chi connectivity index (χ1n) is 7.03. The molecule has 0 aromatic rings. The maximum absolute atomic E-state index is 12.3. The summed E-state index contributed by atoms with van der Waals surface area (Å²) in [4.78, 5) is 35.0. The van der Waals surface area contributed by atoms with Crippen molar-refractivity contribution >= 4 is 17.8 Å². The molecular formula is C13H17F3N2O4. The Morgan fingerprint density at radius 1 is 1.27 bits per heavy atom. The molecule has 3 atom stereocenters. The smallest absolute Gasteiger partial charge is 0.406 e. The predicted molar refractivity (Wildman–Crippen MR) is 67.6 cm³/mol. The van der Waals surface area contributed by atoms with Gasteiger partial charge < -0.3 is 15.3 Å². The molecule has 2 amide bonds. The summed E-state index contributed by atoms with van der Waals surface area (Å²) in [5.74, 6) is -3.39. The maximum Gasteiger partial charge on any atom is 0.406 e. The molecule has 1 saturated heterocycles. The summed E-state index contributed by atoms with van der Waals surface area (Å²) in [5.41, 5.74) is 0. The van der Waals surface area contributed by atoms with Gasteiger partial charge in [0.15, 0.2) is 0 Å². The molecule has 0 spiro atoms. The van der Waals surface area contributed by atoms with Crippen LogP contribution in [0, 0.1) is 11.8 Å². The van der Waals surface area contributed by atoms with Gasteiger partial charge in [-0.05, 0) is 19.3 Å². The number of likely N-dealkylation sites (tertiary alicyclic amines) is 1. The van der Waals surface area contributed by atoms with Crippen LogP contribution in [0.4, 0.5) is 13.2 Å². The van der Waals surface area contributed by atoms with E-state index in [0.29, 0.717) is 24.2 Å².